The highest BCUT2D eigenvalue weighted by molar-refractivity contribution is 5.09. The molecule has 1 N–H and O–H groups in total. The van der Waals surface area contributed by atoms with Gasteiger partial charge in [0.05, 0.1) is 6.54 Å². The Morgan fingerprint density at radius 2 is 2.36 bits per heavy atom. The first-order valence-corrected chi connectivity index (χ1v) is 5.52. The lowest BCUT2D eigenvalue weighted by Crippen LogP contribution is -2.29. The fourth-order valence-corrected chi connectivity index (χ4v) is 2.12. The highest BCUT2D eigenvalue weighted by Gasteiger charge is 2.20. The van der Waals surface area contributed by atoms with Crippen LogP contribution in [-0.2, 0) is 0 Å². The Labute approximate surface area is 88.0 Å². The maximum Gasteiger partial charge on any atom is 0.0576 e. The van der Waals surface area contributed by atoms with E-state index in [1.807, 2.05) is 6.92 Å². The monoisotopic (exact) mass is 191 g/mol. The molecule has 0 fully saturated rings. The second-order valence-corrected chi connectivity index (χ2v) is 4.17. The number of hydrogen-bond acceptors (Lipinski definition) is 1. The predicted molar refractivity (Wildman–Crippen MR) is 62.0 cm³/mol. The van der Waals surface area contributed by atoms with Gasteiger partial charge in [0.15, 0.2) is 0 Å². The average molecular weight is 191 g/mol. The van der Waals surface area contributed by atoms with E-state index in [0.717, 1.165) is 24.9 Å². The zero-order valence-corrected chi connectivity index (χ0v) is 9.56. The molecule has 0 aromatic carbocycles. The van der Waals surface area contributed by atoms with E-state index >= 15 is 0 Å². The van der Waals surface area contributed by atoms with Gasteiger partial charge in [-0.15, -0.1) is 5.92 Å². The number of hydrogen-bond donors (Lipinski definition) is 1. The summed E-state index contributed by atoms with van der Waals surface area (Å²) in [6, 6.07) is 0. The minimum atomic E-state index is 0.724. The molecule has 0 amide bonds. The van der Waals surface area contributed by atoms with Gasteiger partial charge in [0, 0.05) is 6.54 Å². The summed E-state index contributed by atoms with van der Waals surface area (Å²) in [5.74, 6) is 7.48. The van der Waals surface area contributed by atoms with E-state index in [0.29, 0.717) is 0 Å². The van der Waals surface area contributed by atoms with Crippen LogP contribution >= 0.6 is 0 Å². The Morgan fingerprint density at radius 1 is 1.57 bits per heavy atom. The first-order chi connectivity index (χ1) is 6.75. The first kappa shape index (κ1) is 11.3. The van der Waals surface area contributed by atoms with Crippen molar-refractivity contribution in [1.82, 2.24) is 5.32 Å². The third-order valence-corrected chi connectivity index (χ3v) is 3.11. The molecule has 1 heteroatoms. The predicted octanol–water partition coefficient (Wildman–Crippen LogP) is 2.59. The van der Waals surface area contributed by atoms with Crippen LogP contribution in [0.2, 0.25) is 0 Å². The van der Waals surface area contributed by atoms with Gasteiger partial charge < -0.3 is 5.32 Å². The Bertz CT molecular complexity index is 254. The van der Waals surface area contributed by atoms with Crippen LogP contribution in [0.25, 0.3) is 0 Å². The van der Waals surface area contributed by atoms with Crippen LogP contribution in [0.5, 0.6) is 0 Å². The van der Waals surface area contributed by atoms with Crippen molar-refractivity contribution in [3.8, 4) is 11.8 Å². The second kappa shape index (κ2) is 5.88. The van der Waals surface area contributed by atoms with Gasteiger partial charge in [-0.05, 0) is 38.5 Å². The van der Waals surface area contributed by atoms with Crippen LogP contribution in [0, 0.1) is 23.7 Å². The molecule has 1 nitrogen and oxygen atoms in total. The largest absolute Gasteiger partial charge is 0.306 e. The Hall–Kier alpha value is -0.740. The lowest BCUT2D eigenvalue weighted by atomic mass is 9.80. The van der Waals surface area contributed by atoms with Crippen molar-refractivity contribution in [2.45, 2.75) is 33.6 Å². The molecule has 1 aliphatic carbocycles. The fourth-order valence-electron chi connectivity index (χ4n) is 2.12. The van der Waals surface area contributed by atoms with Gasteiger partial charge in [-0.25, -0.2) is 0 Å². The smallest absolute Gasteiger partial charge is 0.0576 e. The van der Waals surface area contributed by atoms with Crippen molar-refractivity contribution in [2.24, 2.45) is 11.8 Å². The Kier molecular flexibility index (Phi) is 4.76. The summed E-state index contributed by atoms with van der Waals surface area (Å²) in [7, 11) is 0. The van der Waals surface area contributed by atoms with E-state index < -0.39 is 0 Å². The fraction of sp³-hybridized carbons (Fsp3) is 0.692. The van der Waals surface area contributed by atoms with Crippen LogP contribution in [-0.4, -0.2) is 13.1 Å². The van der Waals surface area contributed by atoms with Crippen LogP contribution < -0.4 is 5.32 Å². The minimum absolute atomic E-state index is 0.724. The quantitative estimate of drug-likeness (QED) is 0.411. The van der Waals surface area contributed by atoms with Gasteiger partial charge in [0.2, 0.25) is 0 Å². The second-order valence-electron chi connectivity index (χ2n) is 4.17. The van der Waals surface area contributed by atoms with Crippen molar-refractivity contribution < 1.29 is 0 Å². The van der Waals surface area contributed by atoms with E-state index in [4.69, 9.17) is 0 Å². The topological polar surface area (TPSA) is 12.0 Å². The minimum Gasteiger partial charge on any atom is -0.306 e. The zero-order chi connectivity index (χ0) is 10.4. The van der Waals surface area contributed by atoms with Crippen molar-refractivity contribution in [3.05, 3.63) is 11.6 Å². The molecule has 1 rings (SSSR count). The van der Waals surface area contributed by atoms with Gasteiger partial charge in [-0.1, -0.05) is 24.5 Å². The summed E-state index contributed by atoms with van der Waals surface area (Å²) in [6.45, 7) is 8.41. The summed E-state index contributed by atoms with van der Waals surface area (Å²) < 4.78 is 0. The molecule has 2 atom stereocenters. The average Bonchev–Trinajstić information content (AvgIpc) is 2.16. The van der Waals surface area contributed by atoms with E-state index in [1.165, 1.54) is 12.8 Å². The van der Waals surface area contributed by atoms with Crippen molar-refractivity contribution in [1.29, 1.82) is 0 Å². The van der Waals surface area contributed by atoms with E-state index in [9.17, 15) is 0 Å². The Morgan fingerprint density at radius 3 is 3.00 bits per heavy atom. The maximum atomic E-state index is 3.40. The first-order valence-electron chi connectivity index (χ1n) is 5.52. The third kappa shape index (κ3) is 3.20. The maximum absolute atomic E-state index is 3.40. The lowest BCUT2D eigenvalue weighted by molar-refractivity contribution is 0.355. The molecule has 0 spiro atoms. The van der Waals surface area contributed by atoms with E-state index in [2.05, 4.69) is 37.1 Å². The van der Waals surface area contributed by atoms with Gasteiger partial charge in [0.25, 0.3) is 0 Å². The van der Waals surface area contributed by atoms with Crippen LogP contribution in [0.1, 0.15) is 33.6 Å². The lowest BCUT2D eigenvalue weighted by Gasteiger charge is -2.28. The molecule has 0 heterocycles. The van der Waals surface area contributed by atoms with Crippen molar-refractivity contribution in [3.63, 3.8) is 0 Å². The van der Waals surface area contributed by atoms with E-state index in [-0.39, 0.29) is 0 Å². The molecule has 14 heavy (non-hydrogen) atoms. The molecular formula is C13H21N. The summed E-state index contributed by atoms with van der Waals surface area (Å²) >= 11 is 0. The summed E-state index contributed by atoms with van der Waals surface area (Å²) in [4.78, 5) is 0. The van der Waals surface area contributed by atoms with Gasteiger partial charge >= 0.3 is 0 Å². The van der Waals surface area contributed by atoms with Crippen LogP contribution in [0.4, 0.5) is 0 Å². The number of rotatable bonds is 3. The highest BCUT2D eigenvalue weighted by atomic mass is 14.8. The molecule has 0 saturated heterocycles. The molecule has 0 radical (unpaired) electrons. The van der Waals surface area contributed by atoms with Crippen molar-refractivity contribution >= 4 is 0 Å². The van der Waals surface area contributed by atoms with Gasteiger partial charge in [-0.3, -0.25) is 0 Å². The molecule has 0 aromatic rings. The van der Waals surface area contributed by atoms with E-state index in [1.54, 1.807) is 5.57 Å². The molecule has 0 saturated carbocycles. The van der Waals surface area contributed by atoms with Crippen LogP contribution in [0.15, 0.2) is 11.6 Å². The Balaban J connectivity index is 2.36. The normalized spacial score (nSPS) is 26.4. The molecule has 0 aliphatic heterocycles. The van der Waals surface area contributed by atoms with Crippen molar-refractivity contribution in [2.75, 3.05) is 13.1 Å². The van der Waals surface area contributed by atoms with Gasteiger partial charge in [0.1, 0.15) is 0 Å². The zero-order valence-electron chi connectivity index (χ0n) is 9.56. The standard InChI is InChI=1S/C13H21N/c1-4-5-9-14-10-13-11(2)7-6-8-12(13)3/h7,12-14H,6,8-10H2,1-3H3. The molecule has 2 unspecified atom stereocenters. The summed E-state index contributed by atoms with van der Waals surface area (Å²) in [6.07, 6.45) is 4.99. The van der Waals surface area contributed by atoms with Gasteiger partial charge in [-0.2, -0.15) is 0 Å². The summed E-state index contributed by atoms with van der Waals surface area (Å²) in [5, 5.41) is 3.40. The molecule has 78 valence electrons. The highest BCUT2D eigenvalue weighted by Crippen LogP contribution is 2.29. The number of nitrogens with one attached hydrogen (secondary N) is 1. The molecular weight excluding hydrogens is 170 g/mol. The number of allylic oxidation sites excluding steroid dienone is 1. The molecule has 0 aromatic heterocycles. The molecule has 1 aliphatic rings. The summed E-state index contributed by atoms with van der Waals surface area (Å²) in [5.41, 5.74) is 1.56. The van der Waals surface area contributed by atoms with Crippen LogP contribution in [0.3, 0.4) is 0 Å². The third-order valence-electron chi connectivity index (χ3n) is 3.11. The molecule has 0 bridgehead atoms. The SMILES string of the molecule is CC#CCNCC1C(C)=CCCC1C.